The molecule has 0 aliphatic heterocycles. The lowest BCUT2D eigenvalue weighted by molar-refractivity contribution is 1.18. The Hall–Kier alpha value is -1.61. The topological polar surface area (TPSA) is 25.8 Å². The van der Waals surface area contributed by atoms with Gasteiger partial charge < -0.3 is 0 Å². The fourth-order valence-corrected chi connectivity index (χ4v) is 2.54. The zero-order valence-corrected chi connectivity index (χ0v) is 13.0. The van der Waals surface area contributed by atoms with Crippen LogP contribution in [0.1, 0.15) is 0 Å². The molecule has 1 heterocycles. The lowest BCUT2D eigenvalue weighted by atomic mass is 10.1. The van der Waals surface area contributed by atoms with Gasteiger partial charge in [0.2, 0.25) is 0 Å². The minimum absolute atomic E-state index is 0.356. The smallest absolute Gasteiger partial charge is 0.163 e. The van der Waals surface area contributed by atoms with Crippen LogP contribution in [0.15, 0.2) is 54.6 Å². The Labute approximate surface area is 137 Å². The second-order valence-corrected chi connectivity index (χ2v) is 5.54. The molecule has 0 fully saturated rings. The quantitative estimate of drug-likeness (QED) is 0.555. The Morgan fingerprint density at radius 3 is 2.29 bits per heavy atom. The minimum atomic E-state index is 0.356. The number of nitrogens with zero attached hydrogens (tertiary/aromatic N) is 2. The summed E-state index contributed by atoms with van der Waals surface area (Å²) < 4.78 is 0. The highest BCUT2D eigenvalue weighted by Crippen LogP contribution is 2.33. The van der Waals surface area contributed by atoms with Gasteiger partial charge in [0.05, 0.1) is 15.7 Å². The molecule has 0 atom stereocenters. The van der Waals surface area contributed by atoms with Crippen molar-refractivity contribution in [2.24, 2.45) is 0 Å². The van der Waals surface area contributed by atoms with Gasteiger partial charge >= 0.3 is 0 Å². The monoisotopic (exact) mass is 334 g/mol. The lowest BCUT2D eigenvalue weighted by Crippen LogP contribution is -1.94. The molecule has 0 unspecified atom stereocenters. The van der Waals surface area contributed by atoms with E-state index in [9.17, 15) is 0 Å². The minimum Gasteiger partial charge on any atom is -0.228 e. The van der Waals surface area contributed by atoms with E-state index in [1.54, 1.807) is 18.2 Å². The molecule has 0 aliphatic rings. The number of rotatable bonds is 2. The predicted octanol–water partition coefficient (Wildman–Crippen LogP) is 5.77. The van der Waals surface area contributed by atoms with E-state index < -0.39 is 0 Å². The van der Waals surface area contributed by atoms with Crippen LogP contribution in [0.5, 0.6) is 0 Å². The predicted molar refractivity (Wildman–Crippen MR) is 87.9 cm³/mol. The van der Waals surface area contributed by atoms with Gasteiger partial charge in [-0.05, 0) is 12.1 Å². The highest BCUT2D eigenvalue weighted by atomic mass is 35.5. The summed E-state index contributed by atoms with van der Waals surface area (Å²) in [4.78, 5) is 8.78. The van der Waals surface area contributed by atoms with Gasteiger partial charge in [-0.15, -0.1) is 0 Å². The van der Waals surface area contributed by atoms with Crippen LogP contribution in [0, 0.1) is 0 Å². The molecule has 3 rings (SSSR count). The normalized spacial score (nSPS) is 10.6. The molecule has 0 saturated carbocycles. The van der Waals surface area contributed by atoms with E-state index in [4.69, 9.17) is 34.8 Å². The van der Waals surface area contributed by atoms with Crippen molar-refractivity contribution < 1.29 is 0 Å². The maximum Gasteiger partial charge on any atom is 0.163 e. The van der Waals surface area contributed by atoms with E-state index in [0.717, 1.165) is 11.3 Å². The van der Waals surface area contributed by atoms with Gasteiger partial charge in [0.25, 0.3) is 0 Å². The summed E-state index contributed by atoms with van der Waals surface area (Å²) in [5.74, 6) is 0.453. The molecule has 2 nitrogen and oxygen atoms in total. The number of aromatic nitrogens is 2. The van der Waals surface area contributed by atoms with Gasteiger partial charge in [-0.3, -0.25) is 0 Å². The third-order valence-electron chi connectivity index (χ3n) is 2.96. The average molecular weight is 336 g/mol. The fraction of sp³-hybridized carbons (Fsp3) is 0. The van der Waals surface area contributed by atoms with E-state index in [1.807, 2.05) is 36.4 Å². The van der Waals surface area contributed by atoms with E-state index in [2.05, 4.69) is 9.97 Å². The molecule has 5 heteroatoms. The summed E-state index contributed by atoms with van der Waals surface area (Å²) in [5, 5.41) is 1.23. The van der Waals surface area contributed by atoms with Crippen LogP contribution in [0.3, 0.4) is 0 Å². The van der Waals surface area contributed by atoms with Gasteiger partial charge in [-0.25, -0.2) is 9.97 Å². The van der Waals surface area contributed by atoms with Crippen LogP contribution in [0.2, 0.25) is 15.2 Å². The average Bonchev–Trinajstić information content (AvgIpc) is 2.50. The first-order chi connectivity index (χ1) is 10.1. The van der Waals surface area contributed by atoms with Crippen molar-refractivity contribution >= 4 is 34.8 Å². The number of hydrogen-bond acceptors (Lipinski definition) is 2. The van der Waals surface area contributed by atoms with Crippen LogP contribution >= 0.6 is 34.8 Å². The van der Waals surface area contributed by atoms with Crippen LogP contribution in [-0.2, 0) is 0 Å². The molecule has 0 saturated heterocycles. The first kappa shape index (κ1) is 14.3. The van der Waals surface area contributed by atoms with Crippen LogP contribution in [0.25, 0.3) is 22.6 Å². The lowest BCUT2D eigenvalue weighted by Gasteiger charge is -2.07. The van der Waals surface area contributed by atoms with E-state index in [1.165, 1.54) is 0 Å². The number of hydrogen-bond donors (Lipinski definition) is 0. The molecule has 1 aromatic heterocycles. The Kier molecular flexibility index (Phi) is 4.11. The van der Waals surface area contributed by atoms with Crippen molar-refractivity contribution in [3.63, 3.8) is 0 Å². The van der Waals surface area contributed by atoms with Crippen LogP contribution in [-0.4, -0.2) is 9.97 Å². The Balaban J connectivity index is 2.17. The first-order valence-electron chi connectivity index (χ1n) is 6.19. The second kappa shape index (κ2) is 6.02. The third kappa shape index (κ3) is 3.03. The van der Waals surface area contributed by atoms with E-state index in [-0.39, 0.29) is 0 Å². The molecule has 0 radical (unpaired) electrons. The molecule has 3 aromatic rings. The Morgan fingerprint density at radius 1 is 0.762 bits per heavy atom. The summed E-state index contributed by atoms with van der Waals surface area (Å²) in [7, 11) is 0. The van der Waals surface area contributed by atoms with Crippen molar-refractivity contribution in [3.8, 4) is 22.6 Å². The number of halogens is 3. The van der Waals surface area contributed by atoms with Crippen molar-refractivity contribution in [3.05, 3.63) is 69.8 Å². The SMILES string of the molecule is Clc1cc(-c2ccccc2)nc(-c2cccc(Cl)c2Cl)n1. The van der Waals surface area contributed by atoms with Gasteiger partial charge in [-0.1, -0.05) is 71.2 Å². The molecular formula is C16H9Cl3N2. The molecule has 0 amide bonds. The molecule has 0 N–H and O–H groups in total. The maximum atomic E-state index is 6.22. The fourth-order valence-electron chi connectivity index (χ4n) is 1.97. The first-order valence-corrected chi connectivity index (χ1v) is 7.33. The molecule has 0 spiro atoms. The van der Waals surface area contributed by atoms with Crippen molar-refractivity contribution in [1.29, 1.82) is 0 Å². The van der Waals surface area contributed by atoms with Gasteiger partial charge in [-0.2, -0.15) is 0 Å². The highest BCUT2D eigenvalue weighted by Gasteiger charge is 2.12. The molecule has 0 aliphatic carbocycles. The summed E-state index contributed by atoms with van der Waals surface area (Å²) in [6, 6.07) is 16.8. The molecule has 104 valence electrons. The van der Waals surface area contributed by atoms with E-state index in [0.29, 0.717) is 26.6 Å². The molecular weight excluding hydrogens is 327 g/mol. The van der Waals surface area contributed by atoms with E-state index >= 15 is 0 Å². The van der Waals surface area contributed by atoms with Crippen molar-refractivity contribution in [2.75, 3.05) is 0 Å². The Bertz CT molecular complexity index is 789. The zero-order valence-electron chi connectivity index (χ0n) is 10.7. The van der Waals surface area contributed by atoms with Crippen LogP contribution in [0.4, 0.5) is 0 Å². The summed E-state index contributed by atoms with van der Waals surface area (Å²) >= 11 is 18.4. The summed E-state index contributed by atoms with van der Waals surface area (Å²) in [5.41, 5.74) is 2.35. The number of benzene rings is 2. The van der Waals surface area contributed by atoms with Crippen molar-refractivity contribution in [1.82, 2.24) is 9.97 Å². The largest absolute Gasteiger partial charge is 0.228 e. The second-order valence-electron chi connectivity index (χ2n) is 4.37. The van der Waals surface area contributed by atoms with Crippen molar-refractivity contribution in [2.45, 2.75) is 0 Å². The third-order valence-corrected chi connectivity index (χ3v) is 3.97. The summed E-state index contributed by atoms with van der Waals surface area (Å²) in [6.07, 6.45) is 0. The molecule has 21 heavy (non-hydrogen) atoms. The summed E-state index contributed by atoms with van der Waals surface area (Å²) in [6.45, 7) is 0. The van der Waals surface area contributed by atoms with Gasteiger partial charge in [0, 0.05) is 17.2 Å². The standard InChI is InChI=1S/C16H9Cl3N2/c17-12-8-4-7-11(15(12)19)16-20-13(9-14(18)21-16)10-5-2-1-3-6-10/h1-9H. The molecule has 2 aromatic carbocycles. The van der Waals surface area contributed by atoms with Gasteiger partial charge in [0.15, 0.2) is 5.82 Å². The molecule has 0 bridgehead atoms. The van der Waals surface area contributed by atoms with Gasteiger partial charge in [0.1, 0.15) is 5.15 Å². The maximum absolute atomic E-state index is 6.22. The zero-order chi connectivity index (χ0) is 14.8. The highest BCUT2D eigenvalue weighted by molar-refractivity contribution is 6.43. The van der Waals surface area contributed by atoms with Crippen LogP contribution < -0.4 is 0 Å². The Morgan fingerprint density at radius 2 is 1.52 bits per heavy atom.